The van der Waals surface area contributed by atoms with Crippen LogP contribution in [-0.4, -0.2) is 30.1 Å². The summed E-state index contributed by atoms with van der Waals surface area (Å²) in [6.07, 6.45) is 2.99. The molecule has 1 aromatic heterocycles. The summed E-state index contributed by atoms with van der Waals surface area (Å²) in [5.74, 6) is 1.51. The van der Waals surface area contributed by atoms with Gasteiger partial charge in [-0.15, -0.1) is 0 Å². The Morgan fingerprint density at radius 1 is 1.00 bits per heavy atom. The maximum atomic E-state index is 12.3. The molecular formula is C21H22N4O3. The quantitative estimate of drug-likeness (QED) is 0.653. The molecule has 3 aromatic rings. The number of amides is 1. The van der Waals surface area contributed by atoms with Gasteiger partial charge in [-0.3, -0.25) is 4.79 Å². The van der Waals surface area contributed by atoms with Crippen LogP contribution in [0.15, 0.2) is 54.9 Å². The molecule has 3 rings (SSSR count). The first-order valence-corrected chi connectivity index (χ1v) is 8.74. The largest absolute Gasteiger partial charge is 0.493 e. The van der Waals surface area contributed by atoms with Gasteiger partial charge >= 0.3 is 0 Å². The van der Waals surface area contributed by atoms with Crippen molar-refractivity contribution in [3.63, 3.8) is 0 Å². The second-order valence-electron chi connectivity index (χ2n) is 6.16. The van der Waals surface area contributed by atoms with Crippen LogP contribution in [0.4, 0.5) is 11.6 Å². The first-order chi connectivity index (χ1) is 13.6. The number of benzene rings is 2. The van der Waals surface area contributed by atoms with Gasteiger partial charge in [-0.05, 0) is 42.3 Å². The van der Waals surface area contributed by atoms with E-state index in [4.69, 9.17) is 9.47 Å². The molecule has 0 fully saturated rings. The highest BCUT2D eigenvalue weighted by molar-refractivity contribution is 6.03. The summed E-state index contributed by atoms with van der Waals surface area (Å²) in [5.41, 5.74) is 3.19. The van der Waals surface area contributed by atoms with Crippen LogP contribution in [0, 0.1) is 6.92 Å². The van der Waals surface area contributed by atoms with E-state index in [1.165, 1.54) is 12.4 Å². The molecule has 0 atom stereocenters. The third-order valence-corrected chi connectivity index (χ3v) is 4.09. The molecule has 28 heavy (non-hydrogen) atoms. The van der Waals surface area contributed by atoms with Crippen molar-refractivity contribution in [2.45, 2.75) is 13.5 Å². The fourth-order valence-electron chi connectivity index (χ4n) is 2.63. The molecule has 2 aromatic carbocycles. The van der Waals surface area contributed by atoms with E-state index in [9.17, 15) is 4.79 Å². The van der Waals surface area contributed by atoms with Gasteiger partial charge in [-0.1, -0.05) is 18.2 Å². The van der Waals surface area contributed by atoms with E-state index in [1.54, 1.807) is 14.2 Å². The number of rotatable bonds is 7. The van der Waals surface area contributed by atoms with Gasteiger partial charge < -0.3 is 20.1 Å². The number of hydrogen-bond acceptors (Lipinski definition) is 6. The molecule has 7 heteroatoms. The highest BCUT2D eigenvalue weighted by Crippen LogP contribution is 2.27. The smallest absolute Gasteiger partial charge is 0.258 e. The van der Waals surface area contributed by atoms with Gasteiger partial charge in [-0.2, -0.15) is 0 Å². The second kappa shape index (κ2) is 8.85. The number of anilines is 2. The van der Waals surface area contributed by atoms with E-state index in [2.05, 4.69) is 20.6 Å². The molecule has 1 amide bonds. The van der Waals surface area contributed by atoms with Crippen molar-refractivity contribution in [1.29, 1.82) is 0 Å². The number of ether oxygens (including phenoxy) is 2. The van der Waals surface area contributed by atoms with Gasteiger partial charge in [0, 0.05) is 24.6 Å². The van der Waals surface area contributed by atoms with E-state index >= 15 is 0 Å². The lowest BCUT2D eigenvalue weighted by atomic mass is 10.2. The molecule has 0 aliphatic carbocycles. The molecule has 144 valence electrons. The maximum Gasteiger partial charge on any atom is 0.258 e. The number of nitrogens with one attached hydrogen (secondary N) is 2. The zero-order valence-electron chi connectivity index (χ0n) is 16.0. The number of methoxy groups -OCH3 is 2. The minimum absolute atomic E-state index is 0.253. The van der Waals surface area contributed by atoms with Crippen LogP contribution in [0.1, 0.15) is 21.5 Å². The van der Waals surface area contributed by atoms with Crippen LogP contribution in [0.2, 0.25) is 0 Å². The molecule has 0 unspecified atom stereocenters. The predicted octanol–water partition coefficient (Wildman–Crippen LogP) is 3.67. The van der Waals surface area contributed by atoms with E-state index in [0.717, 1.165) is 16.8 Å². The van der Waals surface area contributed by atoms with Crippen molar-refractivity contribution < 1.29 is 14.3 Å². The van der Waals surface area contributed by atoms with Crippen molar-refractivity contribution >= 4 is 17.5 Å². The van der Waals surface area contributed by atoms with Crippen LogP contribution in [0.3, 0.4) is 0 Å². The SMILES string of the molecule is COc1ccc(CNc2ncc(C(=O)Nc3cccc(C)c3)cn2)cc1OC. The summed E-state index contributed by atoms with van der Waals surface area (Å²) >= 11 is 0. The van der Waals surface area contributed by atoms with Gasteiger partial charge in [0.2, 0.25) is 5.95 Å². The summed E-state index contributed by atoms with van der Waals surface area (Å²) in [6.45, 7) is 2.48. The molecule has 0 spiro atoms. The Labute approximate surface area is 163 Å². The van der Waals surface area contributed by atoms with E-state index in [1.807, 2.05) is 49.4 Å². The highest BCUT2D eigenvalue weighted by atomic mass is 16.5. The minimum Gasteiger partial charge on any atom is -0.493 e. The van der Waals surface area contributed by atoms with Crippen LogP contribution in [0.5, 0.6) is 11.5 Å². The Hall–Kier alpha value is -3.61. The minimum atomic E-state index is -0.253. The lowest BCUT2D eigenvalue weighted by Crippen LogP contribution is -2.13. The monoisotopic (exact) mass is 378 g/mol. The van der Waals surface area contributed by atoms with Gasteiger partial charge in [0.1, 0.15) is 0 Å². The number of aryl methyl sites for hydroxylation is 1. The average molecular weight is 378 g/mol. The number of hydrogen-bond donors (Lipinski definition) is 2. The van der Waals surface area contributed by atoms with E-state index in [0.29, 0.717) is 29.6 Å². The Morgan fingerprint density at radius 3 is 2.43 bits per heavy atom. The topological polar surface area (TPSA) is 85.4 Å². The zero-order valence-corrected chi connectivity index (χ0v) is 16.0. The molecule has 0 saturated carbocycles. The lowest BCUT2D eigenvalue weighted by molar-refractivity contribution is 0.102. The molecule has 1 heterocycles. The van der Waals surface area contributed by atoms with Gasteiger partial charge in [-0.25, -0.2) is 9.97 Å². The van der Waals surface area contributed by atoms with E-state index < -0.39 is 0 Å². The number of carbonyl (C=O) groups is 1. The second-order valence-corrected chi connectivity index (χ2v) is 6.16. The molecule has 7 nitrogen and oxygen atoms in total. The predicted molar refractivity (Wildman–Crippen MR) is 108 cm³/mol. The number of carbonyl (C=O) groups excluding carboxylic acids is 1. The van der Waals surface area contributed by atoms with Crippen molar-refractivity contribution in [3.05, 3.63) is 71.5 Å². The fraction of sp³-hybridized carbons (Fsp3) is 0.190. The lowest BCUT2D eigenvalue weighted by Gasteiger charge is -2.10. The van der Waals surface area contributed by atoms with Gasteiger partial charge in [0.15, 0.2) is 11.5 Å². The fourth-order valence-corrected chi connectivity index (χ4v) is 2.63. The molecular weight excluding hydrogens is 356 g/mol. The Kier molecular flexibility index (Phi) is 6.06. The van der Waals surface area contributed by atoms with Crippen LogP contribution >= 0.6 is 0 Å². The number of aromatic nitrogens is 2. The van der Waals surface area contributed by atoms with Crippen LogP contribution in [-0.2, 0) is 6.54 Å². The molecule has 0 radical (unpaired) electrons. The Bertz CT molecular complexity index is 958. The first-order valence-electron chi connectivity index (χ1n) is 8.74. The first kappa shape index (κ1) is 19.2. The van der Waals surface area contributed by atoms with Crippen molar-refractivity contribution in [2.75, 3.05) is 24.9 Å². The third kappa shape index (κ3) is 4.76. The van der Waals surface area contributed by atoms with Crippen molar-refractivity contribution in [1.82, 2.24) is 9.97 Å². The summed E-state index contributed by atoms with van der Waals surface area (Å²) in [6, 6.07) is 13.3. The molecule has 0 bridgehead atoms. The number of nitrogens with zero attached hydrogens (tertiary/aromatic N) is 2. The average Bonchev–Trinajstić information content (AvgIpc) is 2.72. The maximum absolute atomic E-state index is 12.3. The standard InChI is InChI=1S/C21H22N4O3/c1-14-5-4-6-17(9-14)25-20(26)16-12-23-21(24-13-16)22-11-15-7-8-18(27-2)19(10-15)28-3/h4-10,12-13H,11H2,1-3H3,(H,25,26)(H,22,23,24). The summed E-state index contributed by atoms with van der Waals surface area (Å²) in [4.78, 5) is 20.7. The van der Waals surface area contributed by atoms with Crippen molar-refractivity contribution in [3.8, 4) is 11.5 Å². The van der Waals surface area contributed by atoms with Crippen molar-refractivity contribution in [2.24, 2.45) is 0 Å². The van der Waals surface area contributed by atoms with Gasteiger partial charge in [0.05, 0.1) is 19.8 Å². The molecule has 0 aliphatic heterocycles. The van der Waals surface area contributed by atoms with Crippen LogP contribution in [0.25, 0.3) is 0 Å². The summed E-state index contributed by atoms with van der Waals surface area (Å²) < 4.78 is 10.5. The zero-order chi connectivity index (χ0) is 19.9. The third-order valence-electron chi connectivity index (χ3n) is 4.09. The van der Waals surface area contributed by atoms with Crippen LogP contribution < -0.4 is 20.1 Å². The summed E-state index contributed by atoms with van der Waals surface area (Å²) in [7, 11) is 3.19. The summed E-state index contributed by atoms with van der Waals surface area (Å²) in [5, 5.41) is 5.96. The Morgan fingerprint density at radius 2 is 1.75 bits per heavy atom. The van der Waals surface area contributed by atoms with Gasteiger partial charge in [0.25, 0.3) is 5.91 Å². The molecule has 2 N–H and O–H groups in total. The van der Waals surface area contributed by atoms with E-state index in [-0.39, 0.29) is 5.91 Å². The highest BCUT2D eigenvalue weighted by Gasteiger charge is 2.09. The molecule has 0 saturated heterocycles. The normalized spacial score (nSPS) is 10.2. The molecule has 0 aliphatic rings. The Balaban J connectivity index is 1.60.